The van der Waals surface area contributed by atoms with Crippen molar-refractivity contribution in [1.82, 2.24) is 9.97 Å². The van der Waals surface area contributed by atoms with Gasteiger partial charge in [0.1, 0.15) is 5.82 Å². The Labute approximate surface area is 148 Å². The van der Waals surface area contributed by atoms with Crippen LogP contribution < -0.4 is 4.90 Å². The number of rotatable bonds is 4. The minimum Gasteiger partial charge on any atom is -0.478 e. The summed E-state index contributed by atoms with van der Waals surface area (Å²) in [6, 6.07) is 2.01. The SMILES string of the molecule is Cc1cc(C)c(C(=O)O)c(C)c1CC1CCN(c2cnccn2)CC1. The molecule has 0 amide bonds. The number of hydrogen-bond acceptors (Lipinski definition) is 4. The Morgan fingerprint density at radius 2 is 1.92 bits per heavy atom. The quantitative estimate of drug-likeness (QED) is 0.922. The molecule has 2 aromatic rings. The van der Waals surface area contributed by atoms with Gasteiger partial charge < -0.3 is 10.0 Å². The van der Waals surface area contributed by atoms with Crippen molar-refractivity contribution in [3.63, 3.8) is 0 Å². The molecule has 1 aliphatic rings. The molecular weight excluding hydrogens is 314 g/mol. The zero-order chi connectivity index (χ0) is 18.0. The Morgan fingerprint density at radius 1 is 1.20 bits per heavy atom. The summed E-state index contributed by atoms with van der Waals surface area (Å²) in [5.41, 5.74) is 4.67. The molecule has 0 radical (unpaired) electrons. The lowest BCUT2D eigenvalue weighted by atomic mass is 9.84. The highest BCUT2D eigenvalue weighted by atomic mass is 16.4. The molecule has 25 heavy (non-hydrogen) atoms. The molecule has 132 valence electrons. The standard InChI is InChI=1S/C20H25N3O2/c1-13-10-14(2)19(20(24)25)15(3)17(13)11-16-4-8-23(9-5-16)18-12-21-6-7-22-18/h6-7,10,12,16H,4-5,8-9,11H2,1-3H3,(H,24,25). The maximum atomic E-state index is 11.6. The van der Waals surface area contributed by atoms with E-state index < -0.39 is 5.97 Å². The van der Waals surface area contributed by atoms with E-state index in [4.69, 9.17) is 0 Å². The highest BCUT2D eigenvalue weighted by Crippen LogP contribution is 2.29. The molecule has 1 saturated heterocycles. The van der Waals surface area contributed by atoms with Gasteiger partial charge in [0.15, 0.2) is 0 Å². The Hall–Kier alpha value is -2.43. The van der Waals surface area contributed by atoms with Crippen LogP contribution in [0, 0.1) is 26.7 Å². The van der Waals surface area contributed by atoms with Gasteiger partial charge >= 0.3 is 5.97 Å². The van der Waals surface area contributed by atoms with Crippen molar-refractivity contribution in [2.75, 3.05) is 18.0 Å². The number of carboxylic acids is 1. The highest BCUT2D eigenvalue weighted by Gasteiger charge is 2.23. The fourth-order valence-corrected chi connectivity index (χ4v) is 3.98. The second-order valence-corrected chi connectivity index (χ2v) is 6.99. The fourth-order valence-electron chi connectivity index (χ4n) is 3.98. The van der Waals surface area contributed by atoms with E-state index in [1.54, 1.807) is 12.4 Å². The number of anilines is 1. The number of hydrogen-bond donors (Lipinski definition) is 1. The van der Waals surface area contributed by atoms with E-state index >= 15 is 0 Å². The van der Waals surface area contributed by atoms with E-state index in [1.807, 2.05) is 26.1 Å². The zero-order valence-electron chi connectivity index (χ0n) is 15.1. The first-order valence-electron chi connectivity index (χ1n) is 8.81. The number of aryl methyl sites for hydroxylation is 2. The first kappa shape index (κ1) is 17.4. The molecule has 0 atom stereocenters. The lowest BCUT2D eigenvalue weighted by molar-refractivity contribution is 0.0695. The Morgan fingerprint density at radius 3 is 2.52 bits per heavy atom. The minimum atomic E-state index is -0.825. The highest BCUT2D eigenvalue weighted by molar-refractivity contribution is 5.91. The molecule has 3 rings (SSSR count). The molecule has 5 nitrogen and oxygen atoms in total. The Kier molecular flexibility index (Phi) is 5.02. The van der Waals surface area contributed by atoms with Crippen molar-refractivity contribution in [1.29, 1.82) is 0 Å². The van der Waals surface area contributed by atoms with Crippen molar-refractivity contribution in [2.45, 2.75) is 40.0 Å². The number of piperidine rings is 1. The predicted molar refractivity (Wildman–Crippen MR) is 98.3 cm³/mol. The molecule has 0 unspecified atom stereocenters. The number of benzene rings is 1. The minimum absolute atomic E-state index is 0.470. The summed E-state index contributed by atoms with van der Waals surface area (Å²) in [5, 5.41) is 9.51. The summed E-state index contributed by atoms with van der Waals surface area (Å²) in [5.74, 6) is 0.695. The molecule has 1 aromatic carbocycles. The number of carboxylic acid groups (broad SMARTS) is 1. The molecule has 0 spiro atoms. The Bertz CT molecular complexity index is 766. The van der Waals surface area contributed by atoms with E-state index in [1.165, 1.54) is 11.1 Å². The number of nitrogens with zero attached hydrogens (tertiary/aromatic N) is 3. The summed E-state index contributed by atoms with van der Waals surface area (Å²) in [7, 11) is 0. The molecule has 1 N–H and O–H groups in total. The first-order valence-corrected chi connectivity index (χ1v) is 8.81. The largest absolute Gasteiger partial charge is 0.478 e. The van der Waals surface area contributed by atoms with Crippen LogP contribution in [0.15, 0.2) is 24.7 Å². The lowest BCUT2D eigenvalue weighted by Crippen LogP contribution is -2.35. The topological polar surface area (TPSA) is 66.3 Å². The third-order valence-electron chi connectivity index (χ3n) is 5.33. The molecule has 0 aliphatic carbocycles. The summed E-state index contributed by atoms with van der Waals surface area (Å²) in [4.78, 5) is 22.4. The molecule has 1 aromatic heterocycles. The molecule has 1 fully saturated rings. The van der Waals surface area contributed by atoms with Crippen LogP contribution >= 0.6 is 0 Å². The number of aromatic nitrogens is 2. The van der Waals surface area contributed by atoms with Gasteiger partial charge in [-0.15, -0.1) is 0 Å². The summed E-state index contributed by atoms with van der Waals surface area (Å²) in [6.45, 7) is 7.87. The molecular formula is C20H25N3O2. The third kappa shape index (κ3) is 3.65. The van der Waals surface area contributed by atoms with Gasteiger partial charge in [-0.25, -0.2) is 9.78 Å². The van der Waals surface area contributed by atoms with Gasteiger partial charge in [-0.2, -0.15) is 0 Å². The lowest BCUT2D eigenvalue weighted by Gasteiger charge is -2.33. The van der Waals surface area contributed by atoms with Crippen molar-refractivity contribution in [3.8, 4) is 0 Å². The van der Waals surface area contributed by atoms with Gasteiger partial charge in [-0.05, 0) is 68.2 Å². The molecule has 0 bridgehead atoms. The van der Waals surface area contributed by atoms with Crippen LogP contribution in [0.2, 0.25) is 0 Å². The molecule has 0 saturated carbocycles. The van der Waals surface area contributed by atoms with Crippen molar-refractivity contribution >= 4 is 11.8 Å². The Balaban J connectivity index is 1.72. The van der Waals surface area contributed by atoms with Crippen LogP contribution in [0.25, 0.3) is 0 Å². The van der Waals surface area contributed by atoms with E-state index in [9.17, 15) is 9.90 Å². The van der Waals surface area contributed by atoms with Crippen molar-refractivity contribution < 1.29 is 9.90 Å². The summed E-state index contributed by atoms with van der Waals surface area (Å²) < 4.78 is 0. The third-order valence-corrected chi connectivity index (χ3v) is 5.33. The van der Waals surface area contributed by atoms with Crippen LogP contribution in [0.5, 0.6) is 0 Å². The van der Waals surface area contributed by atoms with Gasteiger partial charge in [0.25, 0.3) is 0 Å². The van der Waals surface area contributed by atoms with Crippen LogP contribution in [0.4, 0.5) is 5.82 Å². The molecule has 1 aliphatic heterocycles. The normalized spacial score (nSPS) is 15.4. The van der Waals surface area contributed by atoms with Gasteiger partial charge in [0.05, 0.1) is 11.8 Å². The van der Waals surface area contributed by atoms with E-state index in [0.717, 1.165) is 49.3 Å². The van der Waals surface area contributed by atoms with Crippen LogP contribution in [-0.2, 0) is 6.42 Å². The first-order chi connectivity index (χ1) is 12.0. The van der Waals surface area contributed by atoms with Gasteiger partial charge in [-0.1, -0.05) is 6.07 Å². The van der Waals surface area contributed by atoms with Gasteiger partial charge in [-0.3, -0.25) is 4.98 Å². The number of aromatic carboxylic acids is 1. The maximum absolute atomic E-state index is 11.6. The van der Waals surface area contributed by atoms with Gasteiger partial charge in [0, 0.05) is 25.5 Å². The zero-order valence-corrected chi connectivity index (χ0v) is 15.1. The van der Waals surface area contributed by atoms with Gasteiger partial charge in [0.2, 0.25) is 0 Å². The van der Waals surface area contributed by atoms with E-state index in [-0.39, 0.29) is 0 Å². The monoisotopic (exact) mass is 339 g/mol. The second kappa shape index (κ2) is 7.21. The van der Waals surface area contributed by atoms with E-state index in [2.05, 4.69) is 21.8 Å². The molecule has 5 heteroatoms. The number of carbonyl (C=O) groups is 1. The van der Waals surface area contributed by atoms with E-state index in [0.29, 0.717) is 11.5 Å². The van der Waals surface area contributed by atoms with Crippen molar-refractivity contribution in [2.24, 2.45) is 5.92 Å². The van der Waals surface area contributed by atoms with Crippen LogP contribution in [0.3, 0.4) is 0 Å². The predicted octanol–water partition coefficient (Wildman–Crippen LogP) is 3.56. The summed E-state index contributed by atoms with van der Waals surface area (Å²) >= 11 is 0. The van der Waals surface area contributed by atoms with Crippen molar-refractivity contribution in [3.05, 3.63) is 52.5 Å². The molecule has 2 heterocycles. The van der Waals surface area contributed by atoms with Crippen LogP contribution in [0.1, 0.15) is 45.5 Å². The average molecular weight is 339 g/mol. The summed E-state index contributed by atoms with van der Waals surface area (Å²) in [6.07, 6.45) is 8.37. The smallest absolute Gasteiger partial charge is 0.336 e. The van der Waals surface area contributed by atoms with Crippen LogP contribution in [-0.4, -0.2) is 34.1 Å². The average Bonchev–Trinajstić information content (AvgIpc) is 2.59. The fraction of sp³-hybridized carbons (Fsp3) is 0.450. The second-order valence-electron chi connectivity index (χ2n) is 6.99. The maximum Gasteiger partial charge on any atom is 0.336 e.